The van der Waals surface area contributed by atoms with Crippen molar-refractivity contribution in [3.05, 3.63) is 0 Å². The van der Waals surface area contributed by atoms with Crippen molar-refractivity contribution in [3.8, 4) is 0 Å². The lowest BCUT2D eigenvalue weighted by molar-refractivity contribution is -0.262. The van der Waals surface area contributed by atoms with Gasteiger partial charge >= 0.3 is 0 Å². The summed E-state index contributed by atoms with van der Waals surface area (Å²) in [7, 11) is 0. The molecule has 8 atom stereocenters. The zero-order chi connectivity index (χ0) is 16.6. The smallest absolute Gasteiger partial charge is 0.139 e. The summed E-state index contributed by atoms with van der Waals surface area (Å²) in [4.78, 5) is 12.4. The van der Waals surface area contributed by atoms with Crippen molar-refractivity contribution >= 4 is 5.78 Å². The fourth-order valence-electron chi connectivity index (χ4n) is 7.03. The summed E-state index contributed by atoms with van der Waals surface area (Å²) in [6.07, 6.45) is 4.54. The molecule has 4 aliphatic carbocycles. The van der Waals surface area contributed by atoms with Crippen molar-refractivity contribution in [2.75, 3.05) is 0 Å². The Morgan fingerprint density at radius 3 is 2.52 bits per heavy atom. The number of aliphatic hydroxyl groups excluding tert-OH is 2. The molecular formula is C19H30O4. The van der Waals surface area contributed by atoms with Crippen LogP contribution in [0.5, 0.6) is 0 Å². The molecule has 0 heterocycles. The Hall–Kier alpha value is -0.450. The lowest BCUT2D eigenvalue weighted by Crippen LogP contribution is -2.68. The second-order valence-corrected chi connectivity index (χ2v) is 9.28. The monoisotopic (exact) mass is 322 g/mol. The van der Waals surface area contributed by atoms with Crippen LogP contribution in [0.3, 0.4) is 0 Å². The normalized spacial score (nSPS) is 59.2. The van der Waals surface area contributed by atoms with Crippen LogP contribution in [0.15, 0.2) is 0 Å². The number of fused-ring (bicyclic) bond motifs is 5. The van der Waals surface area contributed by atoms with Crippen LogP contribution in [0.25, 0.3) is 0 Å². The summed E-state index contributed by atoms with van der Waals surface area (Å²) < 4.78 is 0. The van der Waals surface area contributed by atoms with Crippen LogP contribution in [0.1, 0.15) is 65.2 Å². The Morgan fingerprint density at radius 1 is 1.04 bits per heavy atom. The highest BCUT2D eigenvalue weighted by molar-refractivity contribution is 5.87. The fraction of sp³-hybridized carbons (Fsp3) is 0.947. The summed E-state index contributed by atoms with van der Waals surface area (Å²) in [5.74, 6) is 1.44. The number of carbonyl (C=O) groups excluding carboxylic acids is 1. The molecule has 130 valence electrons. The third-order valence-electron chi connectivity index (χ3n) is 8.54. The van der Waals surface area contributed by atoms with E-state index in [2.05, 4.69) is 13.8 Å². The minimum Gasteiger partial charge on any atom is -0.393 e. The zero-order valence-corrected chi connectivity index (χ0v) is 14.3. The van der Waals surface area contributed by atoms with Gasteiger partial charge < -0.3 is 15.3 Å². The minimum atomic E-state index is -1.18. The number of Topliss-reactive ketones (excluding diaryl/α,β-unsaturated/α-hetero) is 1. The van der Waals surface area contributed by atoms with Gasteiger partial charge in [0.2, 0.25) is 0 Å². The molecule has 0 spiro atoms. The first-order valence-corrected chi connectivity index (χ1v) is 9.34. The minimum absolute atomic E-state index is 0.207. The molecule has 0 aliphatic heterocycles. The van der Waals surface area contributed by atoms with Gasteiger partial charge in [0.1, 0.15) is 5.78 Å². The molecule has 23 heavy (non-hydrogen) atoms. The van der Waals surface area contributed by atoms with Crippen molar-refractivity contribution in [1.82, 2.24) is 0 Å². The molecule has 0 aromatic rings. The van der Waals surface area contributed by atoms with Gasteiger partial charge in [0.05, 0.1) is 17.8 Å². The molecule has 0 amide bonds. The average Bonchev–Trinajstić information content (AvgIpc) is 2.79. The molecule has 0 aromatic carbocycles. The molecule has 0 unspecified atom stereocenters. The van der Waals surface area contributed by atoms with Gasteiger partial charge in [-0.05, 0) is 56.3 Å². The topological polar surface area (TPSA) is 77.8 Å². The highest BCUT2D eigenvalue weighted by Crippen LogP contribution is 2.66. The average molecular weight is 322 g/mol. The standard InChI is InChI=1S/C19H30O4/c1-17-7-6-14-12(13(17)3-4-15(17)21)9-16(22)19(23)10-11(20)5-8-18(14,19)2/h11-14,16,20,22-23H,3-10H2,1-2H3/t11-,12+,13+,14+,16+,17+,18+,19-/m0/s1. The molecule has 0 radical (unpaired) electrons. The number of aliphatic hydroxyl groups is 3. The Labute approximate surface area is 138 Å². The first-order chi connectivity index (χ1) is 10.7. The first kappa shape index (κ1) is 16.0. The summed E-state index contributed by atoms with van der Waals surface area (Å²) in [5.41, 5.74) is -1.73. The van der Waals surface area contributed by atoms with E-state index in [-0.39, 0.29) is 17.3 Å². The molecule has 4 saturated carbocycles. The molecule has 4 nitrogen and oxygen atoms in total. The molecule has 3 N–H and O–H groups in total. The Kier molecular flexibility index (Phi) is 3.35. The van der Waals surface area contributed by atoms with E-state index < -0.39 is 17.8 Å². The van der Waals surface area contributed by atoms with Gasteiger partial charge in [-0.15, -0.1) is 0 Å². The van der Waals surface area contributed by atoms with Gasteiger partial charge in [-0.25, -0.2) is 0 Å². The van der Waals surface area contributed by atoms with Crippen LogP contribution < -0.4 is 0 Å². The number of hydrogen-bond donors (Lipinski definition) is 3. The van der Waals surface area contributed by atoms with Gasteiger partial charge in [-0.2, -0.15) is 0 Å². The summed E-state index contributed by atoms with van der Waals surface area (Å²) in [6.45, 7) is 4.25. The van der Waals surface area contributed by atoms with E-state index in [1.54, 1.807) is 0 Å². The van der Waals surface area contributed by atoms with Crippen molar-refractivity contribution in [2.45, 2.75) is 83.0 Å². The second-order valence-electron chi connectivity index (χ2n) is 9.28. The molecular weight excluding hydrogens is 292 g/mol. The van der Waals surface area contributed by atoms with Crippen molar-refractivity contribution in [3.63, 3.8) is 0 Å². The number of carbonyl (C=O) groups is 1. The van der Waals surface area contributed by atoms with Crippen LogP contribution in [0.4, 0.5) is 0 Å². The van der Waals surface area contributed by atoms with E-state index in [1.165, 1.54) is 0 Å². The zero-order valence-electron chi connectivity index (χ0n) is 14.3. The quantitative estimate of drug-likeness (QED) is 0.638. The van der Waals surface area contributed by atoms with Crippen LogP contribution in [-0.4, -0.2) is 38.9 Å². The lowest BCUT2D eigenvalue weighted by atomic mass is 9.43. The highest BCUT2D eigenvalue weighted by atomic mass is 16.3. The van der Waals surface area contributed by atoms with Crippen LogP contribution in [-0.2, 0) is 4.79 Å². The van der Waals surface area contributed by atoms with Crippen molar-refractivity contribution in [1.29, 1.82) is 0 Å². The van der Waals surface area contributed by atoms with E-state index in [0.29, 0.717) is 42.8 Å². The Balaban J connectivity index is 1.72. The van der Waals surface area contributed by atoms with Crippen LogP contribution in [0, 0.1) is 28.6 Å². The van der Waals surface area contributed by atoms with Crippen molar-refractivity contribution < 1.29 is 20.1 Å². The number of ketones is 1. The van der Waals surface area contributed by atoms with E-state index in [4.69, 9.17) is 0 Å². The maximum Gasteiger partial charge on any atom is 0.139 e. The predicted octanol–water partition coefficient (Wildman–Crippen LogP) is 2.04. The van der Waals surface area contributed by atoms with Gasteiger partial charge in [0.15, 0.2) is 0 Å². The van der Waals surface area contributed by atoms with Gasteiger partial charge in [0.25, 0.3) is 0 Å². The van der Waals surface area contributed by atoms with E-state index in [1.807, 2.05) is 0 Å². The van der Waals surface area contributed by atoms with Gasteiger partial charge in [-0.3, -0.25) is 4.79 Å². The molecule has 0 aromatic heterocycles. The molecule has 0 saturated heterocycles. The molecule has 4 aliphatic rings. The van der Waals surface area contributed by atoms with Gasteiger partial charge in [0, 0.05) is 23.7 Å². The van der Waals surface area contributed by atoms with E-state index in [9.17, 15) is 20.1 Å². The number of hydrogen-bond acceptors (Lipinski definition) is 4. The molecule has 4 fully saturated rings. The summed E-state index contributed by atoms with van der Waals surface area (Å²) in [6, 6.07) is 0. The van der Waals surface area contributed by atoms with Crippen LogP contribution in [0.2, 0.25) is 0 Å². The predicted molar refractivity (Wildman–Crippen MR) is 85.6 cm³/mol. The summed E-state index contributed by atoms with van der Waals surface area (Å²) >= 11 is 0. The largest absolute Gasteiger partial charge is 0.393 e. The molecule has 0 bridgehead atoms. The molecule has 4 heteroatoms. The lowest BCUT2D eigenvalue weighted by Gasteiger charge is -2.64. The van der Waals surface area contributed by atoms with Crippen molar-refractivity contribution in [2.24, 2.45) is 28.6 Å². The maximum absolute atomic E-state index is 12.4. The van der Waals surface area contributed by atoms with Gasteiger partial charge in [-0.1, -0.05) is 13.8 Å². The summed E-state index contributed by atoms with van der Waals surface area (Å²) in [5, 5.41) is 32.2. The SMILES string of the molecule is C[C@@]12CC[C@@H]3[C@H](C[C@@H](O)[C@@]4(O)C[C@@H](O)CC[C@]34C)[C@H]1CCC2=O. The molecule has 4 rings (SSSR count). The fourth-order valence-corrected chi connectivity index (χ4v) is 7.03. The van der Waals surface area contributed by atoms with Crippen LogP contribution >= 0.6 is 0 Å². The third-order valence-corrected chi connectivity index (χ3v) is 8.54. The third kappa shape index (κ3) is 1.86. The first-order valence-electron chi connectivity index (χ1n) is 9.34. The van der Waals surface area contributed by atoms with E-state index >= 15 is 0 Å². The Morgan fingerprint density at radius 2 is 1.78 bits per heavy atom. The highest BCUT2D eigenvalue weighted by Gasteiger charge is 2.67. The number of rotatable bonds is 0. The Bertz CT molecular complexity index is 533. The maximum atomic E-state index is 12.4. The second kappa shape index (κ2) is 4.80. The van der Waals surface area contributed by atoms with E-state index in [0.717, 1.165) is 25.7 Å².